The summed E-state index contributed by atoms with van der Waals surface area (Å²) in [6.07, 6.45) is 3.55. The van der Waals surface area contributed by atoms with Crippen molar-refractivity contribution in [1.82, 2.24) is 5.32 Å². The van der Waals surface area contributed by atoms with Crippen molar-refractivity contribution in [2.75, 3.05) is 0 Å². The first-order valence-electron chi connectivity index (χ1n) is 6.50. The number of amides is 1. The molecule has 0 spiro atoms. The molecular formula is C14H19NO2. The summed E-state index contributed by atoms with van der Waals surface area (Å²) >= 11 is 0. The summed E-state index contributed by atoms with van der Waals surface area (Å²) < 4.78 is 5.52. The van der Waals surface area contributed by atoms with E-state index in [4.69, 9.17) is 4.42 Å². The van der Waals surface area contributed by atoms with Crippen molar-refractivity contribution in [1.29, 1.82) is 0 Å². The average molecular weight is 233 g/mol. The number of hydrogen-bond donors (Lipinski definition) is 1. The molecule has 2 fully saturated rings. The molecule has 0 saturated heterocycles. The van der Waals surface area contributed by atoms with E-state index < -0.39 is 0 Å². The van der Waals surface area contributed by atoms with Gasteiger partial charge in [-0.05, 0) is 57.1 Å². The van der Waals surface area contributed by atoms with Gasteiger partial charge in [-0.1, -0.05) is 0 Å². The van der Waals surface area contributed by atoms with Crippen LogP contribution in [0.5, 0.6) is 0 Å². The van der Waals surface area contributed by atoms with Crippen molar-refractivity contribution in [2.24, 2.45) is 17.8 Å². The number of fused-ring (bicyclic) bond motifs is 1. The van der Waals surface area contributed by atoms with Crippen LogP contribution in [0.4, 0.5) is 0 Å². The van der Waals surface area contributed by atoms with E-state index in [2.05, 4.69) is 5.32 Å². The number of nitrogens with one attached hydrogen (secondary N) is 1. The van der Waals surface area contributed by atoms with E-state index in [1.165, 1.54) is 6.42 Å². The van der Waals surface area contributed by atoms with Crippen LogP contribution in [-0.4, -0.2) is 5.91 Å². The van der Waals surface area contributed by atoms with Crippen LogP contribution in [0.25, 0.3) is 0 Å². The number of carbonyl (C=O) groups excluding carboxylic acids is 1. The number of furan rings is 1. The highest BCUT2D eigenvalue weighted by Gasteiger charge is 2.48. The lowest BCUT2D eigenvalue weighted by Crippen LogP contribution is -2.32. The molecule has 2 aliphatic carbocycles. The van der Waals surface area contributed by atoms with Gasteiger partial charge < -0.3 is 9.73 Å². The van der Waals surface area contributed by atoms with Crippen LogP contribution < -0.4 is 5.32 Å². The zero-order valence-corrected chi connectivity index (χ0v) is 10.4. The minimum absolute atomic E-state index is 0.0203. The van der Waals surface area contributed by atoms with Crippen molar-refractivity contribution in [3.8, 4) is 0 Å². The van der Waals surface area contributed by atoms with Crippen molar-refractivity contribution < 1.29 is 9.21 Å². The second-order valence-corrected chi connectivity index (χ2v) is 5.60. The molecule has 3 unspecified atom stereocenters. The first kappa shape index (κ1) is 10.9. The van der Waals surface area contributed by atoms with Gasteiger partial charge in [0.05, 0.1) is 6.04 Å². The lowest BCUT2D eigenvalue weighted by Gasteiger charge is -2.16. The molecule has 1 N–H and O–H groups in total. The van der Waals surface area contributed by atoms with Gasteiger partial charge in [-0.2, -0.15) is 0 Å². The minimum atomic E-state index is -0.0203. The Morgan fingerprint density at radius 2 is 2.06 bits per heavy atom. The van der Waals surface area contributed by atoms with Crippen molar-refractivity contribution in [3.63, 3.8) is 0 Å². The molecule has 3 nitrogen and oxygen atoms in total. The van der Waals surface area contributed by atoms with Crippen LogP contribution >= 0.6 is 0 Å². The molecule has 0 bridgehead atoms. The molecule has 0 aliphatic heterocycles. The predicted octanol–water partition coefficient (Wildman–Crippen LogP) is 2.81. The molecule has 3 atom stereocenters. The molecule has 3 heteroatoms. The van der Waals surface area contributed by atoms with Gasteiger partial charge in [-0.3, -0.25) is 4.79 Å². The number of aryl methyl sites for hydroxylation is 1. The Morgan fingerprint density at radius 3 is 2.65 bits per heavy atom. The second kappa shape index (κ2) is 3.90. The summed E-state index contributed by atoms with van der Waals surface area (Å²) in [5, 5.41) is 3.06. The third kappa shape index (κ3) is 2.11. The third-order valence-corrected chi connectivity index (χ3v) is 4.16. The Labute approximate surface area is 102 Å². The van der Waals surface area contributed by atoms with Gasteiger partial charge in [0, 0.05) is 5.92 Å². The fourth-order valence-electron chi connectivity index (χ4n) is 3.02. The highest BCUT2D eigenvalue weighted by atomic mass is 16.3. The smallest absolute Gasteiger partial charge is 0.223 e. The molecular weight excluding hydrogens is 214 g/mol. The molecule has 2 aliphatic rings. The maximum Gasteiger partial charge on any atom is 0.223 e. The van der Waals surface area contributed by atoms with E-state index in [1.807, 2.05) is 26.0 Å². The van der Waals surface area contributed by atoms with Gasteiger partial charge >= 0.3 is 0 Å². The summed E-state index contributed by atoms with van der Waals surface area (Å²) in [5.74, 6) is 3.90. The molecule has 17 heavy (non-hydrogen) atoms. The third-order valence-electron chi connectivity index (χ3n) is 4.16. The topological polar surface area (TPSA) is 42.2 Å². The average Bonchev–Trinajstić information content (AvgIpc) is 2.74. The Bertz CT molecular complexity index is 427. The minimum Gasteiger partial charge on any atom is -0.464 e. The lowest BCUT2D eigenvalue weighted by atomic mass is 10.0. The standard InChI is InChI=1S/C14H19NO2/c1-8-3-4-13(17-8)9(2)15-14(16)12-6-10-5-11(10)7-12/h3-4,9-12H,5-7H2,1-2H3,(H,15,16). The second-order valence-electron chi connectivity index (χ2n) is 5.60. The van der Waals surface area contributed by atoms with Crippen LogP contribution in [0.3, 0.4) is 0 Å². The maximum atomic E-state index is 12.0. The monoisotopic (exact) mass is 233 g/mol. The molecule has 2 saturated carbocycles. The molecule has 1 amide bonds. The fraction of sp³-hybridized carbons (Fsp3) is 0.643. The summed E-state index contributed by atoms with van der Waals surface area (Å²) in [7, 11) is 0. The van der Waals surface area contributed by atoms with Crippen molar-refractivity contribution in [2.45, 2.75) is 39.2 Å². The molecule has 3 rings (SSSR count). The van der Waals surface area contributed by atoms with Crippen molar-refractivity contribution >= 4 is 5.91 Å². The quantitative estimate of drug-likeness (QED) is 0.872. The van der Waals surface area contributed by atoms with Gasteiger partial charge in [0.1, 0.15) is 11.5 Å². The molecule has 1 aromatic rings. The number of rotatable bonds is 3. The molecule has 1 heterocycles. The highest BCUT2D eigenvalue weighted by Crippen LogP contribution is 2.54. The van der Waals surface area contributed by atoms with Gasteiger partial charge in [0.2, 0.25) is 5.91 Å². The van der Waals surface area contributed by atoms with Gasteiger partial charge in [0.25, 0.3) is 0 Å². The summed E-state index contributed by atoms with van der Waals surface area (Å²) in [5.41, 5.74) is 0. The normalized spacial score (nSPS) is 32.0. The zero-order valence-electron chi connectivity index (χ0n) is 10.4. The molecule has 92 valence electrons. The first-order valence-corrected chi connectivity index (χ1v) is 6.50. The van der Waals surface area contributed by atoms with Crippen LogP contribution in [0.1, 0.15) is 43.7 Å². The van der Waals surface area contributed by atoms with Crippen LogP contribution in [0.2, 0.25) is 0 Å². The predicted molar refractivity (Wildman–Crippen MR) is 64.3 cm³/mol. The van der Waals surface area contributed by atoms with Gasteiger partial charge in [-0.15, -0.1) is 0 Å². The van der Waals surface area contributed by atoms with Crippen LogP contribution in [0.15, 0.2) is 16.5 Å². The maximum absolute atomic E-state index is 12.0. The Hall–Kier alpha value is -1.25. The van der Waals surface area contributed by atoms with E-state index in [0.29, 0.717) is 0 Å². The Kier molecular flexibility index (Phi) is 2.49. The van der Waals surface area contributed by atoms with E-state index in [0.717, 1.165) is 36.2 Å². The molecule has 0 aromatic carbocycles. The van der Waals surface area contributed by atoms with E-state index in [1.54, 1.807) is 0 Å². The Balaban J connectivity index is 1.57. The zero-order chi connectivity index (χ0) is 12.0. The molecule has 0 radical (unpaired) electrons. The number of hydrogen-bond acceptors (Lipinski definition) is 2. The van der Waals surface area contributed by atoms with E-state index in [-0.39, 0.29) is 17.9 Å². The van der Waals surface area contributed by atoms with E-state index >= 15 is 0 Å². The van der Waals surface area contributed by atoms with E-state index in [9.17, 15) is 4.79 Å². The first-order chi connectivity index (χ1) is 8.13. The Morgan fingerprint density at radius 1 is 1.35 bits per heavy atom. The number of carbonyl (C=O) groups is 1. The fourth-order valence-corrected chi connectivity index (χ4v) is 3.02. The highest BCUT2D eigenvalue weighted by molar-refractivity contribution is 5.79. The summed E-state index contributed by atoms with van der Waals surface area (Å²) in [6.45, 7) is 3.90. The van der Waals surface area contributed by atoms with Gasteiger partial charge in [0.15, 0.2) is 0 Å². The SMILES string of the molecule is Cc1ccc(C(C)NC(=O)C2CC3CC3C2)o1. The summed E-state index contributed by atoms with van der Waals surface area (Å²) in [4.78, 5) is 12.0. The lowest BCUT2D eigenvalue weighted by molar-refractivity contribution is -0.125. The van der Waals surface area contributed by atoms with Crippen LogP contribution in [-0.2, 0) is 4.79 Å². The largest absolute Gasteiger partial charge is 0.464 e. The van der Waals surface area contributed by atoms with Gasteiger partial charge in [-0.25, -0.2) is 0 Å². The summed E-state index contributed by atoms with van der Waals surface area (Å²) in [6, 6.07) is 3.85. The van der Waals surface area contributed by atoms with Crippen LogP contribution in [0, 0.1) is 24.7 Å². The van der Waals surface area contributed by atoms with Crippen molar-refractivity contribution in [3.05, 3.63) is 23.7 Å². The molecule has 1 aromatic heterocycles.